The summed E-state index contributed by atoms with van der Waals surface area (Å²) in [7, 11) is 2.18. The average Bonchev–Trinajstić information content (AvgIpc) is 2.54. The molecule has 1 aliphatic carbocycles. The maximum atomic E-state index is 12.2. The van der Waals surface area contributed by atoms with Crippen LogP contribution in [0.4, 0.5) is 0 Å². The van der Waals surface area contributed by atoms with Gasteiger partial charge in [-0.3, -0.25) is 14.7 Å². The number of hydrogen-bond acceptors (Lipinski definition) is 3. The fourth-order valence-corrected chi connectivity index (χ4v) is 3.25. The van der Waals surface area contributed by atoms with Gasteiger partial charge in [0, 0.05) is 24.5 Å². The van der Waals surface area contributed by atoms with Crippen molar-refractivity contribution in [3.63, 3.8) is 0 Å². The van der Waals surface area contributed by atoms with Gasteiger partial charge in [0.25, 0.3) is 0 Å². The lowest BCUT2D eigenvalue weighted by Gasteiger charge is -2.44. The molecule has 1 aromatic heterocycles. The summed E-state index contributed by atoms with van der Waals surface area (Å²) >= 11 is 0. The predicted molar refractivity (Wildman–Crippen MR) is 85.1 cm³/mol. The maximum Gasteiger partial charge on any atom is 0.224 e. The van der Waals surface area contributed by atoms with Crippen LogP contribution in [0.15, 0.2) is 24.5 Å². The zero-order chi connectivity index (χ0) is 15.1. The largest absolute Gasteiger partial charge is 0.354 e. The van der Waals surface area contributed by atoms with Gasteiger partial charge in [-0.1, -0.05) is 26.2 Å². The lowest BCUT2D eigenvalue weighted by Crippen LogP contribution is -2.55. The Labute approximate surface area is 127 Å². The van der Waals surface area contributed by atoms with Gasteiger partial charge in [0.05, 0.1) is 6.42 Å². The quantitative estimate of drug-likeness (QED) is 0.874. The molecule has 0 spiro atoms. The molecule has 4 heteroatoms. The summed E-state index contributed by atoms with van der Waals surface area (Å²) < 4.78 is 0. The van der Waals surface area contributed by atoms with E-state index in [9.17, 15) is 4.79 Å². The number of amides is 1. The number of rotatable bonds is 6. The van der Waals surface area contributed by atoms with Crippen LogP contribution in [-0.2, 0) is 11.2 Å². The highest BCUT2D eigenvalue weighted by atomic mass is 16.1. The second kappa shape index (κ2) is 7.55. The molecule has 0 saturated heterocycles. The molecule has 0 aliphatic heterocycles. The van der Waals surface area contributed by atoms with E-state index in [1.54, 1.807) is 12.4 Å². The molecular formula is C17H27N3O. The molecule has 0 bridgehead atoms. The Morgan fingerprint density at radius 3 is 2.57 bits per heavy atom. The summed E-state index contributed by atoms with van der Waals surface area (Å²) in [6.45, 7) is 3.98. The van der Waals surface area contributed by atoms with Crippen molar-refractivity contribution >= 4 is 5.91 Å². The van der Waals surface area contributed by atoms with Crippen molar-refractivity contribution in [1.29, 1.82) is 0 Å². The molecule has 4 nitrogen and oxygen atoms in total. The standard InChI is InChI=1S/C17H27N3O/c1-3-20(2)17(9-5-4-6-10-17)14-19-16(21)13-15-7-11-18-12-8-15/h7-8,11-12H,3-6,9-10,13-14H2,1-2H3,(H,19,21). The van der Waals surface area contributed by atoms with Gasteiger partial charge in [-0.25, -0.2) is 0 Å². The first-order valence-corrected chi connectivity index (χ1v) is 8.03. The van der Waals surface area contributed by atoms with E-state index >= 15 is 0 Å². The Morgan fingerprint density at radius 1 is 1.29 bits per heavy atom. The molecule has 1 N–H and O–H groups in total. The van der Waals surface area contributed by atoms with E-state index in [1.807, 2.05) is 12.1 Å². The first-order chi connectivity index (χ1) is 10.2. The van der Waals surface area contributed by atoms with Crippen LogP contribution in [-0.4, -0.2) is 41.5 Å². The molecule has 0 unspecified atom stereocenters. The van der Waals surface area contributed by atoms with Gasteiger partial charge in [-0.2, -0.15) is 0 Å². The monoisotopic (exact) mass is 289 g/mol. The highest BCUT2D eigenvalue weighted by Gasteiger charge is 2.35. The SMILES string of the molecule is CCN(C)C1(CNC(=O)Cc2ccncc2)CCCCC1. The van der Waals surface area contributed by atoms with Crippen molar-refractivity contribution in [2.24, 2.45) is 0 Å². The number of nitrogens with one attached hydrogen (secondary N) is 1. The third kappa shape index (κ3) is 4.27. The van der Waals surface area contributed by atoms with Gasteiger partial charge < -0.3 is 5.32 Å². The van der Waals surface area contributed by atoms with Crippen molar-refractivity contribution in [2.75, 3.05) is 20.1 Å². The zero-order valence-electron chi connectivity index (χ0n) is 13.3. The van der Waals surface area contributed by atoms with E-state index in [4.69, 9.17) is 0 Å². The number of hydrogen-bond donors (Lipinski definition) is 1. The molecular weight excluding hydrogens is 262 g/mol. The summed E-state index contributed by atoms with van der Waals surface area (Å²) in [6, 6.07) is 3.79. The highest BCUT2D eigenvalue weighted by Crippen LogP contribution is 2.32. The Bertz CT molecular complexity index is 441. The fourth-order valence-electron chi connectivity index (χ4n) is 3.25. The molecule has 21 heavy (non-hydrogen) atoms. The van der Waals surface area contributed by atoms with E-state index in [0.29, 0.717) is 6.42 Å². The number of carbonyl (C=O) groups excluding carboxylic acids is 1. The molecule has 0 radical (unpaired) electrons. The summed E-state index contributed by atoms with van der Waals surface area (Å²) in [6.07, 6.45) is 10.1. The van der Waals surface area contributed by atoms with Crippen molar-refractivity contribution < 1.29 is 4.79 Å². The van der Waals surface area contributed by atoms with E-state index < -0.39 is 0 Å². The first-order valence-electron chi connectivity index (χ1n) is 8.03. The molecule has 0 atom stereocenters. The second-order valence-electron chi connectivity index (χ2n) is 6.11. The van der Waals surface area contributed by atoms with Gasteiger partial charge >= 0.3 is 0 Å². The lowest BCUT2D eigenvalue weighted by molar-refractivity contribution is -0.121. The molecule has 1 saturated carbocycles. The van der Waals surface area contributed by atoms with E-state index in [0.717, 1.165) is 18.7 Å². The average molecular weight is 289 g/mol. The number of likely N-dealkylation sites (N-methyl/N-ethyl adjacent to an activating group) is 1. The van der Waals surface area contributed by atoms with Crippen LogP contribution in [0.5, 0.6) is 0 Å². The first kappa shape index (κ1) is 16.0. The summed E-state index contributed by atoms with van der Waals surface area (Å²) in [5.41, 5.74) is 1.17. The smallest absolute Gasteiger partial charge is 0.224 e. The van der Waals surface area contributed by atoms with E-state index in [2.05, 4.69) is 29.2 Å². The van der Waals surface area contributed by atoms with Crippen molar-refractivity contribution in [2.45, 2.75) is 51.0 Å². The number of pyridine rings is 1. The molecule has 1 aliphatic rings. The molecule has 2 rings (SSSR count). The summed E-state index contributed by atoms with van der Waals surface area (Å²) in [5.74, 6) is 0.107. The van der Waals surface area contributed by atoms with Crippen LogP contribution in [0, 0.1) is 0 Å². The van der Waals surface area contributed by atoms with Crippen molar-refractivity contribution in [1.82, 2.24) is 15.2 Å². The van der Waals surface area contributed by atoms with E-state index in [-0.39, 0.29) is 11.4 Å². The van der Waals surface area contributed by atoms with Gasteiger partial charge in [0.1, 0.15) is 0 Å². The summed E-state index contributed by atoms with van der Waals surface area (Å²) in [4.78, 5) is 18.6. The normalized spacial score (nSPS) is 17.7. The van der Waals surface area contributed by atoms with Crippen LogP contribution >= 0.6 is 0 Å². The van der Waals surface area contributed by atoms with Crippen LogP contribution in [0.1, 0.15) is 44.6 Å². The number of aromatic nitrogens is 1. The van der Waals surface area contributed by atoms with E-state index in [1.165, 1.54) is 32.1 Å². The van der Waals surface area contributed by atoms with Gasteiger partial charge in [-0.15, -0.1) is 0 Å². The fraction of sp³-hybridized carbons (Fsp3) is 0.647. The zero-order valence-corrected chi connectivity index (χ0v) is 13.3. The van der Waals surface area contributed by atoms with Crippen molar-refractivity contribution in [3.8, 4) is 0 Å². The van der Waals surface area contributed by atoms with Gasteiger partial charge in [0.15, 0.2) is 0 Å². The lowest BCUT2D eigenvalue weighted by atomic mass is 9.80. The molecule has 1 fully saturated rings. The highest BCUT2D eigenvalue weighted by molar-refractivity contribution is 5.78. The topological polar surface area (TPSA) is 45.2 Å². The van der Waals surface area contributed by atoms with Gasteiger partial charge in [-0.05, 0) is 44.1 Å². The molecule has 1 amide bonds. The minimum atomic E-state index is 0.107. The third-order valence-electron chi connectivity index (χ3n) is 4.80. The Hall–Kier alpha value is -1.42. The minimum absolute atomic E-state index is 0.107. The minimum Gasteiger partial charge on any atom is -0.354 e. The Morgan fingerprint density at radius 2 is 1.95 bits per heavy atom. The number of nitrogens with zero attached hydrogens (tertiary/aromatic N) is 2. The number of carbonyl (C=O) groups is 1. The molecule has 1 heterocycles. The summed E-state index contributed by atoms with van der Waals surface area (Å²) in [5, 5.41) is 3.16. The van der Waals surface area contributed by atoms with Crippen LogP contribution in [0.25, 0.3) is 0 Å². The molecule has 116 valence electrons. The second-order valence-corrected chi connectivity index (χ2v) is 6.11. The van der Waals surface area contributed by atoms with Gasteiger partial charge in [0.2, 0.25) is 5.91 Å². The molecule has 1 aromatic rings. The van der Waals surface area contributed by atoms with Crippen molar-refractivity contribution in [3.05, 3.63) is 30.1 Å². The Kier molecular flexibility index (Phi) is 5.74. The predicted octanol–water partition coefficient (Wildman–Crippen LogP) is 2.39. The third-order valence-corrected chi connectivity index (χ3v) is 4.80. The van der Waals surface area contributed by atoms with Crippen LogP contribution in [0.3, 0.4) is 0 Å². The van der Waals surface area contributed by atoms with Crippen LogP contribution < -0.4 is 5.32 Å². The molecule has 0 aromatic carbocycles. The van der Waals surface area contributed by atoms with Crippen LogP contribution in [0.2, 0.25) is 0 Å². The maximum absolute atomic E-state index is 12.2. The Balaban J connectivity index is 1.90.